The number of aldehydes is 1. The molecular weight excluding hydrogens is 220 g/mol. The summed E-state index contributed by atoms with van der Waals surface area (Å²) in [6.45, 7) is 0.421. The number of rotatable bonds is 7. The first kappa shape index (κ1) is 14.9. The van der Waals surface area contributed by atoms with Crippen LogP contribution in [0.5, 0.6) is 0 Å². The van der Waals surface area contributed by atoms with Gasteiger partial charge in [0.05, 0.1) is 6.61 Å². The highest BCUT2D eigenvalue weighted by Gasteiger charge is 2.30. The highest BCUT2D eigenvalue weighted by atomic mass is 16.4. The fraction of sp³-hybridized carbons (Fsp3) is 0.750. The first-order valence-corrected chi connectivity index (χ1v) is 4.56. The van der Waals surface area contributed by atoms with Gasteiger partial charge in [-0.15, -0.1) is 0 Å². The van der Waals surface area contributed by atoms with E-state index in [0.29, 0.717) is 0 Å². The van der Waals surface area contributed by atoms with Gasteiger partial charge >= 0.3 is 0 Å². The van der Waals surface area contributed by atoms with Crippen molar-refractivity contribution < 1.29 is 30.0 Å². The average molecular weight is 236 g/mol. The summed E-state index contributed by atoms with van der Waals surface area (Å²) < 4.78 is 0. The highest BCUT2D eigenvalue weighted by molar-refractivity contribution is 5.72. The molecule has 16 heavy (non-hydrogen) atoms. The first-order chi connectivity index (χ1) is 7.43. The molecule has 0 aliphatic heterocycles. The second-order valence-corrected chi connectivity index (χ2v) is 3.22. The van der Waals surface area contributed by atoms with Gasteiger partial charge in [-0.3, -0.25) is 10.2 Å². The van der Waals surface area contributed by atoms with Crippen LogP contribution in [0.1, 0.15) is 6.92 Å². The van der Waals surface area contributed by atoms with E-state index in [1.54, 1.807) is 0 Å². The van der Waals surface area contributed by atoms with E-state index in [2.05, 4.69) is 10.9 Å². The summed E-state index contributed by atoms with van der Waals surface area (Å²) >= 11 is 0. The number of hydrogen-bond donors (Lipinski definition) is 6. The fourth-order valence-corrected chi connectivity index (χ4v) is 0.933. The Morgan fingerprint density at radius 2 is 1.88 bits per heavy atom. The minimum Gasteiger partial charge on any atom is -0.394 e. The van der Waals surface area contributed by atoms with Gasteiger partial charge in [-0.1, -0.05) is 0 Å². The second-order valence-electron chi connectivity index (χ2n) is 3.22. The molecule has 0 saturated carbocycles. The zero-order valence-corrected chi connectivity index (χ0v) is 8.70. The summed E-state index contributed by atoms with van der Waals surface area (Å²) in [5, 5.41) is 36.3. The predicted octanol–water partition coefficient (Wildman–Crippen LogP) is -3.73. The van der Waals surface area contributed by atoms with Crippen molar-refractivity contribution in [3.05, 3.63) is 0 Å². The molecule has 0 rings (SSSR count). The van der Waals surface area contributed by atoms with Gasteiger partial charge in [0.25, 0.3) is 0 Å². The second kappa shape index (κ2) is 7.25. The maximum atomic E-state index is 10.5. The van der Waals surface area contributed by atoms with Crippen LogP contribution in [-0.2, 0) is 9.59 Å². The van der Waals surface area contributed by atoms with E-state index in [0.717, 1.165) is 0 Å². The molecule has 6 N–H and O–H groups in total. The standard InChI is InChI=1S/C8H16N2O6/c1-4(13)9-10-5(2-11)7(15)8(16)6(14)3-12/h2,5-8,10,12,14-16H,3H2,1H3,(H,9,13)/t5-,6+,7+,8-/m0/s1. The Labute approximate surface area is 91.9 Å². The van der Waals surface area contributed by atoms with Crippen molar-refractivity contribution in [1.82, 2.24) is 10.9 Å². The summed E-state index contributed by atoms with van der Waals surface area (Å²) in [6.07, 6.45) is -4.68. The Morgan fingerprint density at radius 1 is 1.31 bits per heavy atom. The quantitative estimate of drug-likeness (QED) is 0.197. The molecule has 1 amide bonds. The molecule has 94 valence electrons. The molecule has 0 aromatic carbocycles. The molecule has 8 heteroatoms. The summed E-state index contributed by atoms with van der Waals surface area (Å²) in [6, 6.07) is -1.29. The number of hydrazine groups is 1. The molecule has 8 nitrogen and oxygen atoms in total. The van der Waals surface area contributed by atoms with E-state index in [9.17, 15) is 19.8 Å². The normalized spacial score (nSPS) is 18.3. The third-order valence-corrected chi connectivity index (χ3v) is 1.86. The SMILES string of the molecule is CC(=O)NN[C@@H](C=O)[C@@H](O)[C@@H](O)[C@H](O)CO. The summed E-state index contributed by atoms with van der Waals surface area (Å²) in [5.74, 6) is -0.490. The van der Waals surface area contributed by atoms with Crippen molar-refractivity contribution in [2.24, 2.45) is 0 Å². The molecule has 0 spiro atoms. The number of nitrogens with one attached hydrogen (secondary N) is 2. The molecular formula is C8H16N2O6. The molecule has 0 aromatic heterocycles. The zero-order chi connectivity index (χ0) is 12.7. The van der Waals surface area contributed by atoms with Crippen molar-refractivity contribution >= 4 is 12.2 Å². The zero-order valence-electron chi connectivity index (χ0n) is 8.70. The van der Waals surface area contributed by atoms with Crippen LogP contribution >= 0.6 is 0 Å². The maximum Gasteiger partial charge on any atom is 0.230 e. The molecule has 0 aromatic rings. The van der Waals surface area contributed by atoms with Gasteiger partial charge in [0.15, 0.2) is 0 Å². The van der Waals surface area contributed by atoms with E-state index in [1.165, 1.54) is 6.92 Å². The van der Waals surface area contributed by atoms with Crippen LogP contribution in [0.2, 0.25) is 0 Å². The summed E-state index contributed by atoms with van der Waals surface area (Å²) in [4.78, 5) is 21.1. The van der Waals surface area contributed by atoms with Gasteiger partial charge in [0, 0.05) is 6.92 Å². The number of aliphatic hydroxyl groups is 4. The Hall–Kier alpha value is -1.06. The lowest BCUT2D eigenvalue weighted by molar-refractivity contribution is -0.125. The summed E-state index contributed by atoms with van der Waals surface area (Å²) in [5.41, 5.74) is 4.21. The molecule has 0 fully saturated rings. The van der Waals surface area contributed by atoms with Crippen molar-refractivity contribution in [3.8, 4) is 0 Å². The molecule has 0 aliphatic rings. The lowest BCUT2D eigenvalue weighted by Gasteiger charge is -2.26. The minimum atomic E-state index is -1.71. The van der Waals surface area contributed by atoms with Crippen LogP contribution in [0.25, 0.3) is 0 Å². The van der Waals surface area contributed by atoms with Gasteiger partial charge < -0.3 is 25.2 Å². The van der Waals surface area contributed by atoms with Gasteiger partial charge in [-0.2, -0.15) is 0 Å². The van der Waals surface area contributed by atoms with Crippen LogP contribution < -0.4 is 10.9 Å². The van der Waals surface area contributed by atoms with Crippen LogP contribution in [0, 0.1) is 0 Å². The highest BCUT2D eigenvalue weighted by Crippen LogP contribution is 2.03. The van der Waals surface area contributed by atoms with Crippen LogP contribution in [-0.4, -0.2) is 63.6 Å². The van der Waals surface area contributed by atoms with E-state index in [-0.39, 0.29) is 6.29 Å². The summed E-state index contributed by atoms with van der Waals surface area (Å²) in [7, 11) is 0. The molecule has 0 heterocycles. The van der Waals surface area contributed by atoms with Gasteiger partial charge in [-0.05, 0) is 0 Å². The molecule has 0 aliphatic carbocycles. The molecule has 0 saturated heterocycles. The van der Waals surface area contributed by atoms with Crippen LogP contribution in [0.3, 0.4) is 0 Å². The maximum absolute atomic E-state index is 10.5. The van der Waals surface area contributed by atoms with Crippen LogP contribution in [0.15, 0.2) is 0 Å². The van der Waals surface area contributed by atoms with E-state index < -0.39 is 36.9 Å². The Bertz CT molecular complexity index is 237. The number of hydrogen-bond acceptors (Lipinski definition) is 7. The number of carbonyl (C=O) groups is 2. The smallest absolute Gasteiger partial charge is 0.230 e. The largest absolute Gasteiger partial charge is 0.394 e. The number of amides is 1. The average Bonchev–Trinajstić information content (AvgIpc) is 2.27. The molecule has 0 bridgehead atoms. The molecule has 4 atom stereocenters. The van der Waals surface area contributed by atoms with Gasteiger partial charge in [0.1, 0.15) is 30.6 Å². The molecule has 0 unspecified atom stereocenters. The van der Waals surface area contributed by atoms with Gasteiger partial charge in [0.2, 0.25) is 5.91 Å². The third kappa shape index (κ3) is 4.64. The minimum absolute atomic E-state index is 0.258. The Morgan fingerprint density at radius 3 is 2.25 bits per heavy atom. The topological polar surface area (TPSA) is 139 Å². The van der Waals surface area contributed by atoms with Crippen LogP contribution in [0.4, 0.5) is 0 Å². The van der Waals surface area contributed by atoms with Crippen molar-refractivity contribution in [3.63, 3.8) is 0 Å². The lowest BCUT2D eigenvalue weighted by atomic mass is 10.0. The van der Waals surface area contributed by atoms with Gasteiger partial charge in [-0.25, -0.2) is 5.43 Å². The van der Waals surface area contributed by atoms with E-state index >= 15 is 0 Å². The van der Waals surface area contributed by atoms with Crippen molar-refractivity contribution in [2.45, 2.75) is 31.3 Å². The lowest BCUT2D eigenvalue weighted by Crippen LogP contribution is -2.56. The van der Waals surface area contributed by atoms with Crippen molar-refractivity contribution in [1.29, 1.82) is 0 Å². The third-order valence-electron chi connectivity index (χ3n) is 1.86. The van der Waals surface area contributed by atoms with E-state index in [1.807, 2.05) is 0 Å². The predicted molar refractivity (Wildman–Crippen MR) is 51.9 cm³/mol. The Kier molecular flexibility index (Phi) is 6.77. The van der Waals surface area contributed by atoms with E-state index in [4.69, 9.17) is 10.2 Å². The number of aliphatic hydroxyl groups excluding tert-OH is 4. The monoisotopic (exact) mass is 236 g/mol. The van der Waals surface area contributed by atoms with Crippen molar-refractivity contribution in [2.75, 3.05) is 6.61 Å². The number of carbonyl (C=O) groups excluding carboxylic acids is 2. The first-order valence-electron chi connectivity index (χ1n) is 4.56. The molecule has 0 radical (unpaired) electrons. The fourth-order valence-electron chi connectivity index (χ4n) is 0.933. The Balaban J connectivity index is 4.33.